The Balaban J connectivity index is 2.08. The average Bonchev–Trinajstić information content (AvgIpc) is 2.78. The van der Waals surface area contributed by atoms with Crippen molar-refractivity contribution in [3.05, 3.63) is 11.8 Å². The zero-order valence-electron chi connectivity index (χ0n) is 11.4. The standard InChI is InChI=1S/C13H22N4O/c1-4-18-12-7-10(2)15-13(16-12)17-6-5-11(9-17)8-14-3/h7,11,14H,4-6,8-9H2,1-3H3. The largest absolute Gasteiger partial charge is 0.478 e. The van der Waals surface area contributed by atoms with E-state index in [2.05, 4.69) is 20.2 Å². The van der Waals surface area contributed by atoms with E-state index in [9.17, 15) is 0 Å². The van der Waals surface area contributed by atoms with Crippen LogP contribution in [0.1, 0.15) is 19.0 Å². The first kappa shape index (κ1) is 13.1. The Morgan fingerprint density at radius 3 is 3.06 bits per heavy atom. The smallest absolute Gasteiger partial charge is 0.228 e. The number of ether oxygens (including phenoxy) is 1. The van der Waals surface area contributed by atoms with Gasteiger partial charge in [0.1, 0.15) is 0 Å². The van der Waals surface area contributed by atoms with Crippen LogP contribution in [0.3, 0.4) is 0 Å². The van der Waals surface area contributed by atoms with Gasteiger partial charge in [-0.25, -0.2) is 4.98 Å². The zero-order chi connectivity index (χ0) is 13.0. The minimum Gasteiger partial charge on any atom is -0.478 e. The van der Waals surface area contributed by atoms with Gasteiger partial charge in [-0.05, 0) is 39.8 Å². The molecule has 1 aromatic heterocycles. The number of hydrogen-bond donors (Lipinski definition) is 1. The summed E-state index contributed by atoms with van der Waals surface area (Å²) in [6.45, 7) is 7.70. The highest BCUT2D eigenvalue weighted by Gasteiger charge is 2.24. The Kier molecular flexibility index (Phi) is 4.36. The SMILES string of the molecule is CCOc1cc(C)nc(N2CCC(CNC)C2)n1. The molecule has 0 saturated carbocycles. The van der Waals surface area contributed by atoms with Gasteiger partial charge >= 0.3 is 0 Å². The third kappa shape index (κ3) is 3.10. The van der Waals surface area contributed by atoms with Crippen molar-refractivity contribution in [3.63, 3.8) is 0 Å². The molecular formula is C13H22N4O. The molecule has 1 atom stereocenters. The van der Waals surface area contributed by atoms with Crippen LogP contribution in [0.25, 0.3) is 0 Å². The van der Waals surface area contributed by atoms with Crippen molar-refractivity contribution in [3.8, 4) is 5.88 Å². The summed E-state index contributed by atoms with van der Waals surface area (Å²) in [4.78, 5) is 11.2. The summed E-state index contributed by atoms with van der Waals surface area (Å²) in [5.41, 5.74) is 0.959. The maximum atomic E-state index is 5.47. The lowest BCUT2D eigenvalue weighted by Crippen LogP contribution is -2.25. The van der Waals surface area contributed by atoms with Gasteiger partial charge in [-0.3, -0.25) is 0 Å². The fourth-order valence-corrected chi connectivity index (χ4v) is 2.36. The van der Waals surface area contributed by atoms with Crippen molar-refractivity contribution in [1.29, 1.82) is 0 Å². The molecule has 100 valence electrons. The summed E-state index contributed by atoms with van der Waals surface area (Å²) in [5, 5.41) is 3.23. The molecule has 18 heavy (non-hydrogen) atoms. The molecule has 0 radical (unpaired) electrons. The van der Waals surface area contributed by atoms with Crippen LogP contribution >= 0.6 is 0 Å². The molecule has 1 aromatic rings. The van der Waals surface area contributed by atoms with E-state index in [0.29, 0.717) is 18.4 Å². The number of anilines is 1. The molecule has 0 spiro atoms. The van der Waals surface area contributed by atoms with Crippen LogP contribution in [0.4, 0.5) is 5.95 Å². The van der Waals surface area contributed by atoms with Crippen molar-refractivity contribution in [2.24, 2.45) is 5.92 Å². The van der Waals surface area contributed by atoms with Gasteiger partial charge in [0.15, 0.2) is 0 Å². The first-order valence-electron chi connectivity index (χ1n) is 6.61. The topological polar surface area (TPSA) is 50.3 Å². The van der Waals surface area contributed by atoms with Gasteiger partial charge in [0.05, 0.1) is 6.61 Å². The predicted molar refractivity (Wildman–Crippen MR) is 72.2 cm³/mol. The van der Waals surface area contributed by atoms with E-state index in [1.54, 1.807) is 0 Å². The maximum absolute atomic E-state index is 5.47. The Morgan fingerprint density at radius 2 is 2.33 bits per heavy atom. The minimum absolute atomic E-state index is 0.637. The normalized spacial score (nSPS) is 19.3. The molecule has 5 nitrogen and oxygen atoms in total. The molecule has 1 N–H and O–H groups in total. The summed E-state index contributed by atoms with van der Waals surface area (Å²) < 4.78 is 5.47. The van der Waals surface area contributed by atoms with Crippen LogP contribution in [0.5, 0.6) is 5.88 Å². The van der Waals surface area contributed by atoms with Crippen molar-refractivity contribution < 1.29 is 4.74 Å². The van der Waals surface area contributed by atoms with Crippen LogP contribution < -0.4 is 15.0 Å². The van der Waals surface area contributed by atoms with Crippen LogP contribution in [-0.2, 0) is 0 Å². The number of rotatable bonds is 5. The molecule has 0 aliphatic carbocycles. The van der Waals surface area contributed by atoms with Gasteiger partial charge in [0, 0.05) is 24.8 Å². The van der Waals surface area contributed by atoms with Gasteiger partial charge in [-0.2, -0.15) is 4.98 Å². The molecule has 5 heteroatoms. The number of nitrogens with one attached hydrogen (secondary N) is 1. The van der Waals surface area contributed by atoms with E-state index >= 15 is 0 Å². The van der Waals surface area contributed by atoms with Gasteiger partial charge in [-0.15, -0.1) is 0 Å². The number of aromatic nitrogens is 2. The van der Waals surface area contributed by atoms with Crippen LogP contribution in [-0.4, -0.2) is 43.3 Å². The first-order chi connectivity index (χ1) is 8.72. The quantitative estimate of drug-likeness (QED) is 0.852. The summed E-state index contributed by atoms with van der Waals surface area (Å²) in [6, 6.07) is 1.88. The third-order valence-electron chi connectivity index (χ3n) is 3.17. The summed E-state index contributed by atoms with van der Waals surface area (Å²) >= 11 is 0. The van der Waals surface area contributed by atoms with Crippen molar-refractivity contribution >= 4 is 5.95 Å². The second-order valence-electron chi connectivity index (χ2n) is 4.74. The Hall–Kier alpha value is -1.36. The average molecular weight is 250 g/mol. The summed E-state index contributed by atoms with van der Waals surface area (Å²) in [7, 11) is 2.00. The first-order valence-corrected chi connectivity index (χ1v) is 6.61. The lowest BCUT2D eigenvalue weighted by molar-refractivity contribution is 0.326. The fourth-order valence-electron chi connectivity index (χ4n) is 2.36. The van der Waals surface area contributed by atoms with Crippen molar-refractivity contribution in [2.75, 3.05) is 38.2 Å². The molecule has 1 unspecified atom stereocenters. The van der Waals surface area contributed by atoms with Crippen LogP contribution in [0, 0.1) is 12.8 Å². The Morgan fingerprint density at radius 1 is 1.50 bits per heavy atom. The third-order valence-corrected chi connectivity index (χ3v) is 3.17. The molecule has 1 aliphatic rings. The molecule has 1 saturated heterocycles. The summed E-state index contributed by atoms with van der Waals surface area (Å²) in [6.07, 6.45) is 1.20. The highest BCUT2D eigenvalue weighted by Crippen LogP contribution is 2.22. The number of aryl methyl sites for hydroxylation is 1. The molecule has 0 bridgehead atoms. The predicted octanol–water partition coefficient (Wildman–Crippen LogP) is 1.23. The van der Waals surface area contributed by atoms with Crippen molar-refractivity contribution in [2.45, 2.75) is 20.3 Å². The molecule has 1 fully saturated rings. The highest BCUT2D eigenvalue weighted by atomic mass is 16.5. The molecule has 2 rings (SSSR count). The lowest BCUT2D eigenvalue weighted by atomic mass is 10.1. The second-order valence-corrected chi connectivity index (χ2v) is 4.74. The Bertz CT molecular complexity index is 397. The van der Waals surface area contributed by atoms with Gasteiger partial charge in [-0.1, -0.05) is 0 Å². The molecule has 1 aliphatic heterocycles. The van der Waals surface area contributed by atoms with E-state index < -0.39 is 0 Å². The molecule has 0 amide bonds. The lowest BCUT2D eigenvalue weighted by Gasteiger charge is -2.17. The zero-order valence-corrected chi connectivity index (χ0v) is 11.4. The van der Waals surface area contributed by atoms with Gasteiger partial charge in [0.2, 0.25) is 11.8 Å². The summed E-state index contributed by atoms with van der Waals surface area (Å²) in [5.74, 6) is 2.17. The van der Waals surface area contributed by atoms with E-state index in [0.717, 1.165) is 31.3 Å². The van der Waals surface area contributed by atoms with Crippen LogP contribution in [0.15, 0.2) is 6.07 Å². The Labute approximate surface area is 109 Å². The second kappa shape index (κ2) is 6.00. The number of hydrogen-bond acceptors (Lipinski definition) is 5. The number of nitrogens with zero attached hydrogens (tertiary/aromatic N) is 3. The van der Waals surface area contributed by atoms with E-state index in [-0.39, 0.29) is 0 Å². The fraction of sp³-hybridized carbons (Fsp3) is 0.692. The van der Waals surface area contributed by atoms with Crippen molar-refractivity contribution in [1.82, 2.24) is 15.3 Å². The maximum Gasteiger partial charge on any atom is 0.228 e. The molecule has 0 aromatic carbocycles. The van der Waals surface area contributed by atoms with E-state index in [1.807, 2.05) is 27.0 Å². The minimum atomic E-state index is 0.637. The highest BCUT2D eigenvalue weighted by molar-refractivity contribution is 5.35. The van der Waals surface area contributed by atoms with E-state index in [1.165, 1.54) is 6.42 Å². The van der Waals surface area contributed by atoms with Gasteiger partial charge < -0.3 is 15.0 Å². The van der Waals surface area contributed by atoms with Crippen LogP contribution in [0.2, 0.25) is 0 Å². The monoisotopic (exact) mass is 250 g/mol. The molecule has 2 heterocycles. The molecular weight excluding hydrogens is 228 g/mol. The van der Waals surface area contributed by atoms with Gasteiger partial charge in [0.25, 0.3) is 0 Å². The van der Waals surface area contributed by atoms with E-state index in [4.69, 9.17) is 4.74 Å².